The van der Waals surface area contributed by atoms with Crippen molar-refractivity contribution in [3.05, 3.63) is 0 Å². The van der Waals surface area contributed by atoms with Crippen molar-refractivity contribution in [1.82, 2.24) is 0 Å². The molecule has 8 heavy (non-hydrogen) atoms. The molecule has 0 N–H and O–H groups in total. The molecule has 50 valence electrons. The minimum Gasteiger partial charge on any atom is -0.244 e. The molecule has 0 bridgehead atoms. The summed E-state index contributed by atoms with van der Waals surface area (Å²) < 4.78 is 12.2. The van der Waals surface area contributed by atoms with Gasteiger partial charge in [0.15, 0.2) is 0 Å². The number of hydrogen-bond acceptors (Lipinski definition) is 0. The zero-order valence-corrected chi connectivity index (χ0v) is 6.00. The lowest BCUT2D eigenvalue weighted by molar-refractivity contribution is 0.300. The van der Waals surface area contributed by atoms with Gasteiger partial charge in [0.25, 0.3) is 0 Å². The average molecular weight is 118 g/mol. The van der Waals surface area contributed by atoms with Crippen LogP contribution in [0, 0.1) is 0 Å². The highest BCUT2D eigenvalue weighted by atomic mass is 19.1. The molecular weight excluding hydrogens is 103 g/mol. The Bertz CT molecular complexity index is 55.4. The highest BCUT2D eigenvalue weighted by Gasteiger charge is 2.40. The third-order valence-corrected chi connectivity index (χ3v) is 1.43. The molecule has 0 radical (unpaired) electrons. The summed E-state index contributed by atoms with van der Waals surface area (Å²) in [5, 5.41) is 0. The average Bonchev–Trinajstić information content (AvgIpc) is 2.55. The molecule has 1 rings (SSSR count). The first-order valence-corrected chi connectivity index (χ1v) is 3.46. The molecule has 1 fully saturated rings. The van der Waals surface area contributed by atoms with Gasteiger partial charge in [-0.1, -0.05) is 20.8 Å². The van der Waals surface area contributed by atoms with Crippen molar-refractivity contribution >= 4 is 0 Å². The van der Waals surface area contributed by atoms with Crippen LogP contribution in [0.3, 0.4) is 0 Å². The third kappa shape index (κ3) is 2.29. The fourth-order valence-corrected chi connectivity index (χ4v) is 0.489. The van der Waals surface area contributed by atoms with Gasteiger partial charge in [0.1, 0.15) is 5.67 Å². The number of halogens is 1. The minimum atomic E-state index is -0.708. The molecule has 0 spiro atoms. The van der Waals surface area contributed by atoms with Crippen LogP contribution in [-0.2, 0) is 0 Å². The van der Waals surface area contributed by atoms with Crippen molar-refractivity contribution in [2.24, 2.45) is 0 Å². The van der Waals surface area contributed by atoms with E-state index in [4.69, 9.17) is 0 Å². The maximum atomic E-state index is 12.2. The van der Waals surface area contributed by atoms with E-state index in [2.05, 4.69) is 0 Å². The number of rotatable bonds is 1. The zero-order valence-electron chi connectivity index (χ0n) is 6.00. The molecule has 0 nitrogen and oxygen atoms in total. The second-order valence-electron chi connectivity index (χ2n) is 2.00. The van der Waals surface area contributed by atoms with Gasteiger partial charge >= 0.3 is 0 Å². The second kappa shape index (κ2) is 3.06. The van der Waals surface area contributed by atoms with Gasteiger partial charge < -0.3 is 0 Å². The Morgan fingerprint density at radius 1 is 1.38 bits per heavy atom. The molecule has 0 unspecified atom stereocenters. The lowest BCUT2D eigenvalue weighted by atomic mass is 10.3. The molecule has 1 aliphatic carbocycles. The summed E-state index contributed by atoms with van der Waals surface area (Å²) in [6.07, 6.45) is 2.33. The molecular formula is C7H15F. The summed E-state index contributed by atoms with van der Waals surface area (Å²) in [5.74, 6) is 0. The summed E-state index contributed by atoms with van der Waals surface area (Å²) in [4.78, 5) is 0. The van der Waals surface area contributed by atoms with Crippen molar-refractivity contribution in [2.75, 3.05) is 0 Å². The van der Waals surface area contributed by atoms with Crippen LogP contribution in [-0.4, -0.2) is 5.67 Å². The predicted octanol–water partition coefficient (Wildman–Crippen LogP) is 2.92. The third-order valence-electron chi connectivity index (χ3n) is 1.43. The lowest BCUT2D eigenvalue weighted by Gasteiger charge is -1.91. The quantitative estimate of drug-likeness (QED) is 0.496. The topological polar surface area (TPSA) is 0 Å². The van der Waals surface area contributed by atoms with Crippen LogP contribution >= 0.6 is 0 Å². The fourth-order valence-electron chi connectivity index (χ4n) is 0.489. The highest BCUT2D eigenvalue weighted by molar-refractivity contribution is 4.91. The van der Waals surface area contributed by atoms with Crippen LogP contribution < -0.4 is 0 Å². The summed E-state index contributed by atoms with van der Waals surface area (Å²) >= 11 is 0. The summed E-state index contributed by atoms with van der Waals surface area (Å²) in [5.41, 5.74) is -0.708. The Labute approximate surface area is 51.1 Å². The Kier molecular flexibility index (Phi) is 3.03. The van der Waals surface area contributed by atoms with Crippen molar-refractivity contribution < 1.29 is 4.39 Å². The van der Waals surface area contributed by atoms with E-state index in [1.165, 1.54) is 0 Å². The molecule has 0 atom stereocenters. The van der Waals surface area contributed by atoms with Gasteiger partial charge in [-0.05, 0) is 19.3 Å². The van der Waals surface area contributed by atoms with Gasteiger partial charge in [-0.2, -0.15) is 0 Å². The van der Waals surface area contributed by atoms with E-state index in [1.54, 1.807) is 0 Å². The van der Waals surface area contributed by atoms with Crippen molar-refractivity contribution in [2.45, 2.75) is 45.7 Å². The van der Waals surface area contributed by atoms with E-state index >= 15 is 0 Å². The fraction of sp³-hybridized carbons (Fsp3) is 1.00. The van der Waals surface area contributed by atoms with E-state index in [-0.39, 0.29) is 0 Å². The molecule has 0 aliphatic heterocycles. The molecule has 1 saturated carbocycles. The molecule has 0 saturated heterocycles. The Hall–Kier alpha value is -0.0700. The molecule has 0 aromatic heterocycles. The van der Waals surface area contributed by atoms with E-state index < -0.39 is 5.67 Å². The maximum Gasteiger partial charge on any atom is 0.111 e. The Morgan fingerprint density at radius 3 is 1.75 bits per heavy atom. The van der Waals surface area contributed by atoms with Crippen LogP contribution in [0.1, 0.15) is 40.0 Å². The van der Waals surface area contributed by atoms with Crippen LogP contribution in [0.5, 0.6) is 0 Å². The molecule has 0 aromatic carbocycles. The zero-order chi connectivity index (χ0) is 6.62. The first-order chi connectivity index (χ1) is 3.77. The summed E-state index contributed by atoms with van der Waals surface area (Å²) in [7, 11) is 0. The predicted molar refractivity (Wildman–Crippen MR) is 34.7 cm³/mol. The van der Waals surface area contributed by atoms with E-state index in [0.29, 0.717) is 6.42 Å². The van der Waals surface area contributed by atoms with Gasteiger partial charge in [0.2, 0.25) is 0 Å². The van der Waals surface area contributed by atoms with Gasteiger partial charge in [0, 0.05) is 0 Å². The molecule has 0 heterocycles. The smallest absolute Gasteiger partial charge is 0.111 e. The van der Waals surface area contributed by atoms with Gasteiger partial charge in [-0.15, -0.1) is 0 Å². The normalized spacial score (nSPS) is 21.0. The van der Waals surface area contributed by atoms with E-state index in [9.17, 15) is 4.39 Å². The molecule has 1 heteroatoms. The summed E-state index contributed by atoms with van der Waals surface area (Å²) in [6, 6.07) is 0. The SMILES string of the molecule is CC.CCC1(F)CC1. The number of hydrogen-bond donors (Lipinski definition) is 0. The highest BCUT2D eigenvalue weighted by Crippen LogP contribution is 2.42. The molecule has 0 aromatic rings. The lowest BCUT2D eigenvalue weighted by Crippen LogP contribution is -1.92. The Morgan fingerprint density at radius 2 is 1.75 bits per heavy atom. The van der Waals surface area contributed by atoms with Crippen LogP contribution in [0.2, 0.25) is 0 Å². The minimum absolute atomic E-state index is 0.708. The first-order valence-electron chi connectivity index (χ1n) is 3.46. The van der Waals surface area contributed by atoms with Crippen LogP contribution in [0.4, 0.5) is 4.39 Å². The summed E-state index contributed by atoms with van der Waals surface area (Å²) in [6.45, 7) is 5.90. The van der Waals surface area contributed by atoms with E-state index in [1.807, 2.05) is 20.8 Å². The van der Waals surface area contributed by atoms with Crippen LogP contribution in [0.25, 0.3) is 0 Å². The van der Waals surface area contributed by atoms with E-state index in [0.717, 1.165) is 12.8 Å². The van der Waals surface area contributed by atoms with Crippen molar-refractivity contribution in [3.8, 4) is 0 Å². The molecule has 1 aliphatic rings. The van der Waals surface area contributed by atoms with Gasteiger partial charge in [0.05, 0.1) is 0 Å². The second-order valence-corrected chi connectivity index (χ2v) is 2.00. The largest absolute Gasteiger partial charge is 0.244 e. The maximum absolute atomic E-state index is 12.2. The van der Waals surface area contributed by atoms with Gasteiger partial charge in [-0.25, -0.2) is 4.39 Å². The van der Waals surface area contributed by atoms with Crippen molar-refractivity contribution in [1.29, 1.82) is 0 Å². The first kappa shape index (κ1) is 7.93. The standard InChI is InChI=1S/C5H9F.C2H6/c1-2-5(6)3-4-5;1-2/h2-4H2,1H3;1-2H3. The van der Waals surface area contributed by atoms with Crippen LogP contribution in [0.15, 0.2) is 0 Å². The number of alkyl halides is 1. The van der Waals surface area contributed by atoms with Gasteiger partial charge in [-0.3, -0.25) is 0 Å². The monoisotopic (exact) mass is 118 g/mol. The Balaban J connectivity index is 0.000000222. The molecule has 0 amide bonds. The van der Waals surface area contributed by atoms with Crippen molar-refractivity contribution in [3.63, 3.8) is 0 Å².